The van der Waals surface area contributed by atoms with E-state index in [4.69, 9.17) is 0 Å². The molecule has 1 rings (SSSR count). The summed E-state index contributed by atoms with van der Waals surface area (Å²) >= 11 is 0. The fourth-order valence-corrected chi connectivity index (χ4v) is 1.32. The predicted molar refractivity (Wildman–Crippen MR) is 53.2 cm³/mol. The number of aliphatic hydroxyl groups excluding tert-OH is 1. The molecule has 0 bridgehead atoms. The molecule has 0 saturated carbocycles. The molecule has 0 aliphatic carbocycles. The molecule has 5 heteroatoms. The maximum absolute atomic E-state index is 12.9. The number of aliphatic hydroxyl groups is 1. The number of hydrogen-bond donors (Lipinski definition) is 1. The van der Waals surface area contributed by atoms with E-state index in [1.165, 1.54) is 6.92 Å². The second-order valence-electron chi connectivity index (χ2n) is 3.49. The molecule has 82 valence electrons. The highest BCUT2D eigenvalue weighted by Gasteiger charge is 2.22. The van der Waals surface area contributed by atoms with E-state index in [0.29, 0.717) is 0 Å². The molecule has 0 fully saturated rings. The Labute approximate surface area is 86.5 Å². The second-order valence-corrected chi connectivity index (χ2v) is 3.49. The van der Waals surface area contributed by atoms with Crippen molar-refractivity contribution < 1.29 is 14.4 Å². The van der Waals surface area contributed by atoms with Gasteiger partial charge >= 0.3 is 0 Å². The van der Waals surface area contributed by atoms with Crippen LogP contribution < -0.4 is 0 Å². The van der Waals surface area contributed by atoms with Gasteiger partial charge in [-0.2, -0.15) is 0 Å². The highest BCUT2D eigenvalue weighted by Crippen LogP contribution is 2.29. The lowest BCUT2D eigenvalue weighted by Crippen LogP contribution is -2.13. The van der Waals surface area contributed by atoms with Crippen LogP contribution in [0, 0.1) is 15.9 Å². The molecule has 0 amide bonds. The summed E-state index contributed by atoms with van der Waals surface area (Å²) in [5.41, 5.74) is 0.0554. The minimum Gasteiger partial charge on any atom is -0.393 e. The highest BCUT2D eigenvalue weighted by atomic mass is 19.1. The molecule has 2 unspecified atom stereocenters. The number of nitrogens with zero attached hydrogens (tertiary/aromatic N) is 1. The first-order chi connectivity index (χ1) is 6.93. The van der Waals surface area contributed by atoms with E-state index in [1.807, 2.05) is 0 Å². The highest BCUT2D eigenvalue weighted by molar-refractivity contribution is 5.42. The first-order valence-electron chi connectivity index (χ1n) is 4.55. The number of halogens is 1. The standard InChI is InChI=1S/C10H12FNO3/c1-6(7(2)13)9-5-8(11)3-4-10(9)12(14)15/h3-7,13H,1-2H3. The summed E-state index contributed by atoms with van der Waals surface area (Å²) in [7, 11) is 0. The van der Waals surface area contributed by atoms with E-state index in [1.54, 1.807) is 6.92 Å². The van der Waals surface area contributed by atoms with Gasteiger partial charge in [0, 0.05) is 17.5 Å². The summed E-state index contributed by atoms with van der Waals surface area (Å²) < 4.78 is 12.9. The fraction of sp³-hybridized carbons (Fsp3) is 0.400. The normalized spacial score (nSPS) is 14.7. The van der Waals surface area contributed by atoms with Crippen LogP contribution in [-0.2, 0) is 0 Å². The Bertz CT molecular complexity index is 379. The Morgan fingerprint density at radius 3 is 2.53 bits per heavy atom. The van der Waals surface area contributed by atoms with Crippen molar-refractivity contribution in [1.29, 1.82) is 0 Å². The summed E-state index contributed by atoms with van der Waals surface area (Å²) in [6.45, 7) is 3.13. The molecular weight excluding hydrogens is 201 g/mol. The zero-order chi connectivity index (χ0) is 11.6. The first kappa shape index (κ1) is 11.6. The van der Waals surface area contributed by atoms with E-state index in [0.717, 1.165) is 18.2 Å². The zero-order valence-electron chi connectivity index (χ0n) is 8.48. The van der Waals surface area contributed by atoms with Gasteiger partial charge in [-0.05, 0) is 19.1 Å². The molecule has 2 atom stereocenters. The van der Waals surface area contributed by atoms with Gasteiger partial charge in [0.05, 0.1) is 11.0 Å². The Hall–Kier alpha value is -1.49. The third-order valence-corrected chi connectivity index (χ3v) is 2.40. The van der Waals surface area contributed by atoms with Crippen molar-refractivity contribution in [1.82, 2.24) is 0 Å². The van der Waals surface area contributed by atoms with Gasteiger partial charge in [0.2, 0.25) is 0 Å². The molecule has 0 aliphatic heterocycles. The average molecular weight is 213 g/mol. The topological polar surface area (TPSA) is 63.4 Å². The fourth-order valence-electron chi connectivity index (χ4n) is 1.32. The lowest BCUT2D eigenvalue weighted by Gasteiger charge is -2.14. The molecule has 0 heterocycles. The first-order valence-corrected chi connectivity index (χ1v) is 4.55. The van der Waals surface area contributed by atoms with Crippen LogP contribution in [-0.4, -0.2) is 16.1 Å². The molecule has 1 aromatic carbocycles. The Balaban J connectivity index is 3.24. The van der Waals surface area contributed by atoms with Gasteiger partial charge in [0.1, 0.15) is 5.82 Å². The summed E-state index contributed by atoms with van der Waals surface area (Å²) in [5.74, 6) is -1.01. The lowest BCUT2D eigenvalue weighted by atomic mass is 9.95. The zero-order valence-corrected chi connectivity index (χ0v) is 8.48. The average Bonchev–Trinajstić information content (AvgIpc) is 2.15. The van der Waals surface area contributed by atoms with Crippen LogP contribution >= 0.6 is 0 Å². The molecule has 0 radical (unpaired) electrons. The van der Waals surface area contributed by atoms with Gasteiger partial charge in [-0.25, -0.2) is 4.39 Å². The maximum Gasteiger partial charge on any atom is 0.273 e. The van der Waals surface area contributed by atoms with Crippen molar-refractivity contribution in [3.8, 4) is 0 Å². The number of benzene rings is 1. The van der Waals surface area contributed by atoms with Crippen LogP contribution in [0.2, 0.25) is 0 Å². The Morgan fingerprint density at radius 2 is 2.07 bits per heavy atom. The quantitative estimate of drug-likeness (QED) is 0.618. The van der Waals surface area contributed by atoms with Crippen molar-refractivity contribution in [2.45, 2.75) is 25.9 Å². The van der Waals surface area contributed by atoms with Gasteiger partial charge in [-0.1, -0.05) is 6.92 Å². The molecule has 1 aromatic rings. The van der Waals surface area contributed by atoms with Crippen molar-refractivity contribution in [3.63, 3.8) is 0 Å². The minimum absolute atomic E-state index is 0.162. The van der Waals surface area contributed by atoms with E-state index in [2.05, 4.69) is 0 Å². The second kappa shape index (κ2) is 4.35. The third-order valence-electron chi connectivity index (χ3n) is 2.40. The number of nitro groups is 1. The minimum atomic E-state index is -0.759. The van der Waals surface area contributed by atoms with Crippen LogP contribution in [0.4, 0.5) is 10.1 Å². The smallest absolute Gasteiger partial charge is 0.273 e. The number of hydrogen-bond acceptors (Lipinski definition) is 3. The maximum atomic E-state index is 12.9. The van der Waals surface area contributed by atoms with E-state index in [-0.39, 0.29) is 11.3 Å². The van der Waals surface area contributed by atoms with Gasteiger partial charge in [-0.15, -0.1) is 0 Å². The largest absolute Gasteiger partial charge is 0.393 e. The van der Waals surface area contributed by atoms with Gasteiger partial charge < -0.3 is 5.11 Å². The van der Waals surface area contributed by atoms with Crippen LogP contribution in [0.1, 0.15) is 25.3 Å². The van der Waals surface area contributed by atoms with Crippen molar-refractivity contribution >= 4 is 5.69 Å². The third kappa shape index (κ3) is 2.50. The SMILES string of the molecule is CC(O)C(C)c1cc(F)ccc1[N+](=O)[O-]. The van der Waals surface area contributed by atoms with Crippen LogP contribution in [0.5, 0.6) is 0 Å². The van der Waals surface area contributed by atoms with Gasteiger partial charge in [0.15, 0.2) is 0 Å². The number of nitro benzene ring substituents is 1. The van der Waals surface area contributed by atoms with Crippen LogP contribution in [0.25, 0.3) is 0 Å². The molecular formula is C10H12FNO3. The monoisotopic (exact) mass is 213 g/mol. The molecule has 1 N–H and O–H groups in total. The van der Waals surface area contributed by atoms with Crippen molar-refractivity contribution in [2.75, 3.05) is 0 Å². The van der Waals surface area contributed by atoms with Crippen LogP contribution in [0.15, 0.2) is 18.2 Å². The van der Waals surface area contributed by atoms with Crippen LogP contribution in [0.3, 0.4) is 0 Å². The molecule has 15 heavy (non-hydrogen) atoms. The predicted octanol–water partition coefficient (Wildman–Crippen LogP) is 2.22. The van der Waals surface area contributed by atoms with Gasteiger partial charge in [0.25, 0.3) is 5.69 Å². The van der Waals surface area contributed by atoms with Crippen molar-refractivity contribution in [3.05, 3.63) is 39.7 Å². The summed E-state index contributed by atoms with van der Waals surface area (Å²) in [4.78, 5) is 10.1. The Kier molecular flexibility index (Phi) is 3.36. The van der Waals surface area contributed by atoms with E-state index in [9.17, 15) is 19.6 Å². The lowest BCUT2D eigenvalue weighted by molar-refractivity contribution is -0.385. The summed E-state index contributed by atoms with van der Waals surface area (Å²) in [6.07, 6.45) is -0.759. The van der Waals surface area contributed by atoms with Crippen molar-refractivity contribution in [2.24, 2.45) is 0 Å². The molecule has 0 saturated heterocycles. The molecule has 0 aliphatic rings. The molecule has 4 nitrogen and oxygen atoms in total. The van der Waals surface area contributed by atoms with Gasteiger partial charge in [-0.3, -0.25) is 10.1 Å². The summed E-state index contributed by atoms with van der Waals surface area (Å²) in [5, 5.41) is 20.0. The van der Waals surface area contributed by atoms with E-state index < -0.39 is 22.8 Å². The Morgan fingerprint density at radius 1 is 1.47 bits per heavy atom. The van der Waals surface area contributed by atoms with E-state index >= 15 is 0 Å². The summed E-state index contributed by atoms with van der Waals surface area (Å²) in [6, 6.07) is 3.25. The number of rotatable bonds is 3. The molecule has 0 spiro atoms. The molecule has 0 aromatic heterocycles.